The van der Waals surface area contributed by atoms with Gasteiger partial charge in [-0.15, -0.1) is 10.2 Å². The summed E-state index contributed by atoms with van der Waals surface area (Å²) in [5, 5.41) is 15.5. The molecular formula is C10H11FN4S. The zero-order valence-corrected chi connectivity index (χ0v) is 9.51. The van der Waals surface area contributed by atoms with Crippen LogP contribution in [0.4, 0.5) is 20.3 Å². The average Bonchev–Trinajstić information content (AvgIpc) is 2.70. The van der Waals surface area contributed by atoms with E-state index >= 15 is 0 Å². The van der Waals surface area contributed by atoms with Crippen molar-refractivity contribution in [2.45, 2.75) is 6.92 Å². The van der Waals surface area contributed by atoms with Gasteiger partial charge in [0.05, 0.1) is 0 Å². The van der Waals surface area contributed by atoms with E-state index < -0.39 is 0 Å². The first-order valence-electron chi connectivity index (χ1n) is 4.88. The van der Waals surface area contributed by atoms with Crippen LogP contribution in [0.1, 0.15) is 6.92 Å². The summed E-state index contributed by atoms with van der Waals surface area (Å²) in [6, 6.07) is 6.11. The van der Waals surface area contributed by atoms with Crippen LogP contribution in [0.15, 0.2) is 24.3 Å². The molecule has 0 amide bonds. The summed E-state index contributed by atoms with van der Waals surface area (Å²) in [5.41, 5.74) is 0.792. The van der Waals surface area contributed by atoms with Crippen LogP contribution in [0.2, 0.25) is 0 Å². The molecule has 0 atom stereocenters. The summed E-state index contributed by atoms with van der Waals surface area (Å²) in [6.07, 6.45) is 0. The van der Waals surface area contributed by atoms with Crippen LogP contribution in [0.25, 0.3) is 0 Å². The van der Waals surface area contributed by atoms with Crippen LogP contribution >= 0.6 is 11.3 Å². The Morgan fingerprint density at radius 1 is 1.19 bits per heavy atom. The van der Waals surface area contributed by atoms with Gasteiger partial charge in [-0.3, -0.25) is 0 Å². The van der Waals surface area contributed by atoms with Crippen LogP contribution in [-0.4, -0.2) is 16.7 Å². The Kier molecular flexibility index (Phi) is 3.31. The van der Waals surface area contributed by atoms with Crippen molar-refractivity contribution in [3.63, 3.8) is 0 Å². The van der Waals surface area contributed by atoms with Crippen molar-refractivity contribution in [2.75, 3.05) is 17.2 Å². The van der Waals surface area contributed by atoms with E-state index in [1.807, 2.05) is 6.92 Å². The van der Waals surface area contributed by atoms with E-state index in [9.17, 15) is 4.39 Å². The minimum absolute atomic E-state index is 0.254. The second-order valence-electron chi connectivity index (χ2n) is 3.07. The fraction of sp³-hybridized carbons (Fsp3) is 0.200. The quantitative estimate of drug-likeness (QED) is 0.860. The van der Waals surface area contributed by atoms with Crippen molar-refractivity contribution in [1.82, 2.24) is 10.2 Å². The topological polar surface area (TPSA) is 49.8 Å². The highest BCUT2D eigenvalue weighted by Crippen LogP contribution is 2.23. The molecule has 1 aromatic heterocycles. The summed E-state index contributed by atoms with van der Waals surface area (Å²) in [6.45, 7) is 2.81. The molecule has 0 spiro atoms. The third-order valence-electron chi connectivity index (χ3n) is 1.85. The maximum atomic E-state index is 12.7. The molecule has 2 rings (SSSR count). The smallest absolute Gasteiger partial charge is 0.211 e. The van der Waals surface area contributed by atoms with Gasteiger partial charge in [0.25, 0.3) is 0 Å². The van der Waals surface area contributed by atoms with Gasteiger partial charge in [0.15, 0.2) is 0 Å². The molecule has 4 nitrogen and oxygen atoms in total. The van der Waals surface area contributed by atoms with Gasteiger partial charge in [0, 0.05) is 12.2 Å². The number of anilines is 3. The number of aromatic nitrogens is 2. The first-order valence-corrected chi connectivity index (χ1v) is 5.69. The highest BCUT2D eigenvalue weighted by molar-refractivity contribution is 7.19. The fourth-order valence-electron chi connectivity index (χ4n) is 1.15. The van der Waals surface area contributed by atoms with Gasteiger partial charge in [0.2, 0.25) is 10.3 Å². The second-order valence-corrected chi connectivity index (χ2v) is 4.05. The lowest BCUT2D eigenvalue weighted by molar-refractivity contribution is 0.628. The van der Waals surface area contributed by atoms with E-state index in [0.717, 1.165) is 17.4 Å². The van der Waals surface area contributed by atoms with E-state index in [2.05, 4.69) is 20.8 Å². The van der Waals surface area contributed by atoms with Gasteiger partial charge in [-0.1, -0.05) is 11.3 Å². The van der Waals surface area contributed by atoms with Crippen molar-refractivity contribution in [3.05, 3.63) is 30.1 Å². The normalized spacial score (nSPS) is 10.1. The standard InChI is InChI=1S/C10H11FN4S/c1-2-12-9-14-15-10(16-9)13-8-5-3-7(11)4-6-8/h3-6H,2H2,1H3,(H,12,14)(H,13,15). The van der Waals surface area contributed by atoms with Crippen molar-refractivity contribution >= 4 is 27.3 Å². The minimum atomic E-state index is -0.254. The third kappa shape index (κ3) is 2.66. The Bertz CT molecular complexity index is 454. The molecule has 0 aliphatic rings. The third-order valence-corrected chi connectivity index (χ3v) is 2.64. The number of hydrogen-bond acceptors (Lipinski definition) is 5. The lowest BCUT2D eigenvalue weighted by Crippen LogP contribution is -1.94. The maximum Gasteiger partial charge on any atom is 0.211 e. The molecule has 6 heteroatoms. The molecule has 16 heavy (non-hydrogen) atoms. The van der Waals surface area contributed by atoms with Gasteiger partial charge >= 0.3 is 0 Å². The zero-order chi connectivity index (χ0) is 11.4. The first kappa shape index (κ1) is 10.8. The monoisotopic (exact) mass is 238 g/mol. The molecule has 0 unspecified atom stereocenters. The SMILES string of the molecule is CCNc1nnc(Nc2ccc(F)cc2)s1. The molecule has 0 aliphatic heterocycles. The molecule has 1 aromatic carbocycles. The van der Waals surface area contributed by atoms with Gasteiger partial charge in [0.1, 0.15) is 5.82 Å². The number of rotatable bonds is 4. The first-order chi connectivity index (χ1) is 7.78. The molecule has 2 N–H and O–H groups in total. The number of hydrogen-bond donors (Lipinski definition) is 2. The Labute approximate surface area is 96.5 Å². The van der Waals surface area contributed by atoms with Crippen molar-refractivity contribution in [1.29, 1.82) is 0 Å². The largest absolute Gasteiger partial charge is 0.360 e. The Hall–Kier alpha value is -1.69. The molecular weight excluding hydrogens is 227 g/mol. The summed E-state index contributed by atoms with van der Waals surface area (Å²) in [7, 11) is 0. The predicted octanol–water partition coefficient (Wildman–Crippen LogP) is 2.85. The summed E-state index contributed by atoms with van der Waals surface area (Å²) in [5.74, 6) is -0.254. The molecule has 0 fully saturated rings. The number of benzene rings is 1. The zero-order valence-electron chi connectivity index (χ0n) is 8.70. The van der Waals surface area contributed by atoms with Crippen molar-refractivity contribution < 1.29 is 4.39 Å². The van der Waals surface area contributed by atoms with Crippen LogP contribution in [0, 0.1) is 5.82 Å². The van der Waals surface area contributed by atoms with E-state index in [0.29, 0.717) is 5.13 Å². The van der Waals surface area contributed by atoms with E-state index in [1.54, 1.807) is 12.1 Å². The van der Waals surface area contributed by atoms with Crippen molar-refractivity contribution in [2.24, 2.45) is 0 Å². The van der Waals surface area contributed by atoms with Gasteiger partial charge < -0.3 is 10.6 Å². The summed E-state index contributed by atoms with van der Waals surface area (Å²) >= 11 is 1.42. The highest BCUT2D eigenvalue weighted by Gasteiger charge is 2.02. The molecule has 1 heterocycles. The van der Waals surface area contributed by atoms with Gasteiger partial charge in [-0.25, -0.2) is 4.39 Å². The Morgan fingerprint density at radius 3 is 2.56 bits per heavy atom. The average molecular weight is 238 g/mol. The van der Waals surface area contributed by atoms with Crippen LogP contribution in [-0.2, 0) is 0 Å². The van der Waals surface area contributed by atoms with Gasteiger partial charge in [-0.05, 0) is 31.2 Å². The molecule has 0 radical (unpaired) electrons. The van der Waals surface area contributed by atoms with Crippen LogP contribution in [0.5, 0.6) is 0 Å². The lowest BCUT2D eigenvalue weighted by Gasteiger charge is -2.00. The number of halogens is 1. The number of nitrogens with one attached hydrogen (secondary N) is 2. The highest BCUT2D eigenvalue weighted by atomic mass is 32.1. The van der Waals surface area contributed by atoms with E-state index in [4.69, 9.17) is 0 Å². The van der Waals surface area contributed by atoms with Crippen LogP contribution < -0.4 is 10.6 Å². The molecule has 0 saturated carbocycles. The van der Waals surface area contributed by atoms with E-state index in [1.165, 1.54) is 23.5 Å². The Balaban J connectivity index is 2.05. The fourth-order valence-corrected chi connectivity index (χ4v) is 1.88. The van der Waals surface area contributed by atoms with Crippen molar-refractivity contribution in [3.8, 4) is 0 Å². The van der Waals surface area contributed by atoms with Crippen LogP contribution in [0.3, 0.4) is 0 Å². The lowest BCUT2D eigenvalue weighted by atomic mass is 10.3. The second kappa shape index (κ2) is 4.89. The molecule has 0 bridgehead atoms. The maximum absolute atomic E-state index is 12.7. The molecule has 0 saturated heterocycles. The molecule has 0 aliphatic carbocycles. The summed E-state index contributed by atoms with van der Waals surface area (Å²) in [4.78, 5) is 0. The molecule has 2 aromatic rings. The van der Waals surface area contributed by atoms with Gasteiger partial charge in [-0.2, -0.15) is 0 Å². The van der Waals surface area contributed by atoms with E-state index in [-0.39, 0.29) is 5.82 Å². The molecule has 84 valence electrons. The predicted molar refractivity (Wildman–Crippen MR) is 63.8 cm³/mol. The minimum Gasteiger partial charge on any atom is -0.360 e. The Morgan fingerprint density at radius 2 is 1.88 bits per heavy atom. The number of nitrogens with zero attached hydrogens (tertiary/aromatic N) is 2. The summed E-state index contributed by atoms with van der Waals surface area (Å²) < 4.78 is 12.7.